The van der Waals surface area contributed by atoms with E-state index in [2.05, 4.69) is 18.6 Å². The summed E-state index contributed by atoms with van der Waals surface area (Å²) in [5.41, 5.74) is 5.48. The number of ether oxygens (including phenoxy) is 1. The molecule has 3 N–H and O–H groups in total. The van der Waals surface area contributed by atoms with E-state index in [0.717, 1.165) is 0 Å². The van der Waals surface area contributed by atoms with E-state index >= 15 is 0 Å². The number of unbranched alkanes of at least 4 members (excludes halogenated alkanes) is 1. The Kier molecular flexibility index (Phi) is 16.2. The predicted molar refractivity (Wildman–Crippen MR) is 52.1 cm³/mol. The lowest BCUT2D eigenvalue weighted by Crippen LogP contribution is -2.13. The predicted octanol–water partition coefficient (Wildman–Crippen LogP) is 1.15. The van der Waals surface area contributed by atoms with Crippen LogP contribution in [0.3, 0.4) is 0 Å². The molecule has 12 heavy (non-hydrogen) atoms. The minimum absolute atomic E-state index is 0.122. The molecule has 0 fully saturated rings. The van der Waals surface area contributed by atoms with Crippen molar-refractivity contribution in [1.29, 1.82) is 0 Å². The largest absolute Gasteiger partial charge is 0.394 e. The van der Waals surface area contributed by atoms with Crippen molar-refractivity contribution in [3.63, 3.8) is 0 Å². The fourth-order valence-electron chi connectivity index (χ4n) is 0.617. The van der Waals surface area contributed by atoms with Crippen molar-refractivity contribution in [3.8, 4) is 0 Å². The molecule has 0 aromatic carbocycles. The second kappa shape index (κ2) is 13.5. The summed E-state index contributed by atoms with van der Waals surface area (Å²) in [6.07, 6.45) is 3.72. The second-order valence-electron chi connectivity index (χ2n) is 2.84. The van der Waals surface area contributed by atoms with Crippen LogP contribution in [0.1, 0.15) is 33.1 Å². The normalized spacial score (nSPS) is 11.8. The van der Waals surface area contributed by atoms with Crippen molar-refractivity contribution in [3.05, 3.63) is 0 Å². The number of rotatable bonds is 5. The molecule has 0 heterocycles. The molecule has 0 aromatic rings. The van der Waals surface area contributed by atoms with Gasteiger partial charge >= 0.3 is 0 Å². The topological polar surface area (TPSA) is 55.5 Å². The van der Waals surface area contributed by atoms with E-state index in [-0.39, 0.29) is 6.61 Å². The summed E-state index contributed by atoms with van der Waals surface area (Å²) in [6.45, 7) is 4.80. The molecule has 1 atom stereocenters. The molecule has 76 valence electrons. The van der Waals surface area contributed by atoms with Gasteiger partial charge < -0.3 is 15.6 Å². The quantitative estimate of drug-likeness (QED) is 0.662. The van der Waals surface area contributed by atoms with Gasteiger partial charge in [0.05, 0.1) is 13.2 Å². The monoisotopic (exact) mass is 177 g/mol. The van der Waals surface area contributed by atoms with Gasteiger partial charge in [0, 0.05) is 13.2 Å². The van der Waals surface area contributed by atoms with Gasteiger partial charge in [-0.05, 0) is 13.3 Å². The van der Waals surface area contributed by atoms with E-state index in [1.165, 1.54) is 19.3 Å². The lowest BCUT2D eigenvalue weighted by Gasteiger charge is -1.99. The zero-order chi connectivity index (χ0) is 9.82. The van der Waals surface area contributed by atoms with E-state index in [4.69, 9.17) is 10.8 Å². The average Bonchev–Trinajstić information content (AvgIpc) is 2.03. The Morgan fingerprint density at radius 1 is 1.50 bits per heavy atom. The van der Waals surface area contributed by atoms with Gasteiger partial charge in [-0.1, -0.05) is 19.8 Å². The van der Waals surface area contributed by atoms with Gasteiger partial charge in [0.1, 0.15) is 0 Å². The Morgan fingerprint density at radius 3 is 2.17 bits per heavy atom. The third kappa shape index (κ3) is 22.5. The fraction of sp³-hybridized carbons (Fsp3) is 1.00. The molecule has 0 radical (unpaired) electrons. The van der Waals surface area contributed by atoms with E-state index in [0.29, 0.717) is 12.6 Å². The summed E-state index contributed by atoms with van der Waals surface area (Å²) in [4.78, 5) is 0. The summed E-state index contributed by atoms with van der Waals surface area (Å²) < 4.78 is 4.44. The highest BCUT2D eigenvalue weighted by molar-refractivity contribution is 4.50. The second-order valence-corrected chi connectivity index (χ2v) is 2.84. The molecule has 3 heteroatoms. The number of aliphatic hydroxyl groups excluding tert-OH is 1. The molecule has 0 aromatic heterocycles. The Bertz CT molecular complexity index is 65.5. The Hall–Kier alpha value is -0.120. The molecular formula is C9H23NO2. The van der Waals surface area contributed by atoms with Gasteiger partial charge in [0.25, 0.3) is 0 Å². The van der Waals surface area contributed by atoms with Crippen LogP contribution in [0, 0.1) is 0 Å². The lowest BCUT2D eigenvalue weighted by atomic mass is 10.2. The Balaban J connectivity index is 0. The molecule has 0 saturated heterocycles. The van der Waals surface area contributed by atoms with Crippen molar-refractivity contribution >= 4 is 0 Å². The van der Waals surface area contributed by atoms with Gasteiger partial charge in [0.15, 0.2) is 0 Å². The van der Waals surface area contributed by atoms with Crippen LogP contribution in [0.2, 0.25) is 0 Å². The summed E-state index contributed by atoms with van der Waals surface area (Å²) in [6, 6.07) is 0.403. The molecular weight excluding hydrogens is 154 g/mol. The number of aliphatic hydroxyl groups is 1. The van der Waals surface area contributed by atoms with Crippen LogP contribution in [0.25, 0.3) is 0 Å². The van der Waals surface area contributed by atoms with Crippen LogP contribution in [0.15, 0.2) is 0 Å². The summed E-state index contributed by atoms with van der Waals surface area (Å²) in [5, 5.41) is 7.94. The highest BCUT2D eigenvalue weighted by Gasteiger charge is 1.88. The van der Waals surface area contributed by atoms with Crippen molar-refractivity contribution in [2.75, 3.05) is 20.3 Å². The van der Waals surface area contributed by atoms with Crippen LogP contribution >= 0.6 is 0 Å². The lowest BCUT2D eigenvalue weighted by molar-refractivity contribution is 0.135. The Labute approximate surface area is 75.9 Å². The van der Waals surface area contributed by atoms with Crippen molar-refractivity contribution < 1.29 is 9.84 Å². The summed E-state index contributed by atoms with van der Waals surface area (Å²) in [7, 11) is 1.55. The van der Waals surface area contributed by atoms with E-state index < -0.39 is 0 Å². The number of hydrogen-bond acceptors (Lipinski definition) is 3. The summed E-state index contributed by atoms with van der Waals surface area (Å²) in [5.74, 6) is 0. The molecule has 0 bridgehead atoms. The third-order valence-corrected chi connectivity index (χ3v) is 1.31. The van der Waals surface area contributed by atoms with Gasteiger partial charge in [0.2, 0.25) is 0 Å². The van der Waals surface area contributed by atoms with Gasteiger partial charge in [-0.25, -0.2) is 0 Å². The zero-order valence-corrected chi connectivity index (χ0v) is 8.55. The minimum atomic E-state index is 0.122. The highest BCUT2D eigenvalue weighted by Crippen LogP contribution is 1.95. The van der Waals surface area contributed by atoms with E-state index in [1.807, 2.05) is 0 Å². The average molecular weight is 177 g/mol. The fourth-order valence-corrected chi connectivity index (χ4v) is 0.617. The van der Waals surface area contributed by atoms with Crippen molar-refractivity contribution in [2.45, 2.75) is 39.2 Å². The molecule has 0 aliphatic carbocycles. The van der Waals surface area contributed by atoms with Gasteiger partial charge in [-0.15, -0.1) is 0 Å². The van der Waals surface area contributed by atoms with Crippen molar-refractivity contribution in [2.24, 2.45) is 5.73 Å². The Morgan fingerprint density at radius 2 is 2.08 bits per heavy atom. The van der Waals surface area contributed by atoms with Crippen LogP contribution in [0.4, 0.5) is 0 Å². The maximum Gasteiger partial charge on any atom is 0.0693 e. The maximum atomic E-state index is 7.94. The molecule has 0 aliphatic rings. The van der Waals surface area contributed by atoms with Gasteiger partial charge in [-0.3, -0.25) is 0 Å². The first-order valence-corrected chi connectivity index (χ1v) is 4.54. The number of methoxy groups -OCH3 is 1. The summed E-state index contributed by atoms with van der Waals surface area (Å²) >= 11 is 0. The first kappa shape index (κ1) is 14.4. The van der Waals surface area contributed by atoms with Gasteiger partial charge in [-0.2, -0.15) is 0 Å². The van der Waals surface area contributed by atoms with Crippen LogP contribution < -0.4 is 5.73 Å². The minimum Gasteiger partial charge on any atom is -0.394 e. The van der Waals surface area contributed by atoms with E-state index in [9.17, 15) is 0 Å². The number of hydrogen-bond donors (Lipinski definition) is 2. The number of nitrogens with two attached hydrogens (primary N) is 1. The molecule has 0 spiro atoms. The molecule has 3 nitrogen and oxygen atoms in total. The maximum absolute atomic E-state index is 7.94. The third-order valence-electron chi connectivity index (χ3n) is 1.31. The van der Waals surface area contributed by atoms with Crippen LogP contribution in [-0.4, -0.2) is 31.5 Å². The molecule has 0 rings (SSSR count). The first-order valence-electron chi connectivity index (χ1n) is 4.54. The smallest absolute Gasteiger partial charge is 0.0693 e. The van der Waals surface area contributed by atoms with Crippen LogP contribution in [-0.2, 0) is 4.74 Å². The molecule has 0 amide bonds. The SMILES string of the molecule is CCCCC(C)N.COCCO. The first-order chi connectivity index (χ1) is 5.68. The molecule has 1 unspecified atom stereocenters. The highest BCUT2D eigenvalue weighted by atomic mass is 16.5. The van der Waals surface area contributed by atoms with Crippen molar-refractivity contribution in [1.82, 2.24) is 0 Å². The zero-order valence-electron chi connectivity index (χ0n) is 8.55. The molecule has 0 aliphatic heterocycles. The standard InChI is InChI=1S/C6H15N.C3H8O2/c1-3-4-5-6(2)7;1-5-3-2-4/h6H,3-5,7H2,1-2H3;4H,2-3H2,1H3. The van der Waals surface area contributed by atoms with Crippen LogP contribution in [0.5, 0.6) is 0 Å². The van der Waals surface area contributed by atoms with E-state index in [1.54, 1.807) is 7.11 Å². The molecule has 0 saturated carbocycles.